The number of benzene rings is 2. The second-order valence-corrected chi connectivity index (χ2v) is 5.88. The van der Waals surface area contributed by atoms with Crippen molar-refractivity contribution in [1.82, 2.24) is 0 Å². The molecule has 2 aromatic carbocycles. The average Bonchev–Trinajstić information content (AvgIpc) is 2.45. The van der Waals surface area contributed by atoms with Crippen molar-refractivity contribution in [3.8, 4) is 0 Å². The van der Waals surface area contributed by atoms with E-state index in [1.165, 1.54) is 11.1 Å². The van der Waals surface area contributed by atoms with E-state index in [0.29, 0.717) is 13.0 Å². The minimum absolute atomic E-state index is 0.000272. The Morgan fingerprint density at radius 1 is 1.10 bits per heavy atom. The van der Waals surface area contributed by atoms with Crippen molar-refractivity contribution in [2.75, 3.05) is 17.2 Å². The minimum Gasteiger partial charge on any atom is -0.384 e. The zero-order chi connectivity index (χ0) is 15.2. The molecular formula is C17H19BrN2O. The molecule has 1 amide bonds. The number of hydrogen-bond donors (Lipinski definition) is 2. The molecule has 0 atom stereocenters. The van der Waals surface area contributed by atoms with Crippen molar-refractivity contribution in [2.24, 2.45) is 0 Å². The van der Waals surface area contributed by atoms with Crippen molar-refractivity contribution >= 4 is 33.2 Å². The van der Waals surface area contributed by atoms with Crippen LogP contribution in [0.2, 0.25) is 0 Å². The molecule has 0 saturated carbocycles. The summed E-state index contributed by atoms with van der Waals surface area (Å²) in [6.07, 6.45) is 0.425. The first kappa shape index (κ1) is 15.6. The van der Waals surface area contributed by atoms with Gasteiger partial charge in [0.25, 0.3) is 0 Å². The third-order valence-electron chi connectivity index (χ3n) is 3.21. The van der Waals surface area contributed by atoms with Gasteiger partial charge in [-0.3, -0.25) is 4.79 Å². The second-order valence-electron chi connectivity index (χ2n) is 5.02. The quantitative estimate of drug-likeness (QED) is 0.836. The fourth-order valence-electron chi connectivity index (χ4n) is 2.01. The van der Waals surface area contributed by atoms with E-state index in [0.717, 1.165) is 15.8 Å². The van der Waals surface area contributed by atoms with E-state index in [4.69, 9.17) is 0 Å². The van der Waals surface area contributed by atoms with Crippen molar-refractivity contribution in [3.05, 3.63) is 58.1 Å². The molecule has 0 saturated heterocycles. The van der Waals surface area contributed by atoms with E-state index in [-0.39, 0.29) is 5.91 Å². The minimum atomic E-state index is -0.000272. The molecule has 0 spiro atoms. The maximum Gasteiger partial charge on any atom is 0.226 e. The van der Waals surface area contributed by atoms with Gasteiger partial charge < -0.3 is 10.6 Å². The maximum atomic E-state index is 11.9. The number of aryl methyl sites for hydroxylation is 2. The molecule has 0 radical (unpaired) electrons. The van der Waals surface area contributed by atoms with Gasteiger partial charge in [0.05, 0.1) is 5.69 Å². The average molecular weight is 347 g/mol. The van der Waals surface area contributed by atoms with Crippen LogP contribution in [-0.4, -0.2) is 12.5 Å². The Morgan fingerprint density at radius 3 is 2.62 bits per heavy atom. The van der Waals surface area contributed by atoms with Crippen molar-refractivity contribution in [2.45, 2.75) is 20.3 Å². The van der Waals surface area contributed by atoms with Gasteiger partial charge in [0, 0.05) is 23.1 Å². The van der Waals surface area contributed by atoms with Crippen LogP contribution in [0.3, 0.4) is 0 Å². The summed E-state index contributed by atoms with van der Waals surface area (Å²) in [7, 11) is 0. The highest BCUT2D eigenvalue weighted by atomic mass is 79.9. The Bertz CT molecular complexity index is 640. The molecule has 0 unspecified atom stereocenters. The highest BCUT2D eigenvalue weighted by Crippen LogP contribution is 2.21. The molecule has 0 aliphatic rings. The molecule has 4 heteroatoms. The molecule has 21 heavy (non-hydrogen) atoms. The van der Waals surface area contributed by atoms with E-state index in [1.807, 2.05) is 24.3 Å². The fraction of sp³-hybridized carbons (Fsp3) is 0.235. The third kappa shape index (κ3) is 4.60. The van der Waals surface area contributed by atoms with Crippen molar-refractivity contribution < 1.29 is 4.79 Å². The summed E-state index contributed by atoms with van der Waals surface area (Å²) in [5.74, 6) is -0.000272. The van der Waals surface area contributed by atoms with Crippen LogP contribution in [-0.2, 0) is 4.79 Å². The molecular weight excluding hydrogens is 328 g/mol. The van der Waals surface area contributed by atoms with Gasteiger partial charge in [-0.1, -0.05) is 24.3 Å². The zero-order valence-corrected chi connectivity index (χ0v) is 13.8. The molecule has 110 valence electrons. The van der Waals surface area contributed by atoms with Crippen LogP contribution in [0, 0.1) is 13.8 Å². The largest absolute Gasteiger partial charge is 0.384 e. The second kappa shape index (κ2) is 7.27. The van der Waals surface area contributed by atoms with Crippen LogP contribution in [0.15, 0.2) is 46.9 Å². The predicted molar refractivity (Wildman–Crippen MR) is 91.8 cm³/mol. The first-order valence-electron chi connectivity index (χ1n) is 6.92. The molecule has 0 aliphatic heterocycles. The lowest BCUT2D eigenvalue weighted by atomic mass is 10.1. The Kier molecular flexibility index (Phi) is 5.39. The summed E-state index contributed by atoms with van der Waals surface area (Å²) in [5.41, 5.74) is 4.28. The molecule has 0 aliphatic carbocycles. The summed E-state index contributed by atoms with van der Waals surface area (Å²) in [5, 5.41) is 6.21. The van der Waals surface area contributed by atoms with Gasteiger partial charge in [-0.25, -0.2) is 0 Å². The van der Waals surface area contributed by atoms with Crippen LogP contribution >= 0.6 is 15.9 Å². The molecule has 3 nitrogen and oxygen atoms in total. The Balaban J connectivity index is 1.85. The number of carbonyl (C=O) groups excluding carboxylic acids is 1. The van der Waals surface area contributed by atoms with E-state index < -0.39 is 0 Å². The topological polar surface area (TPSA) is 41.1 Å². The lowest BCUT2D eigenvalue weighted by molar-refractivity contribution is -0.115. The van der Waals surface area contributed by atoms with E-state index >= 15 is 0 Å². The SMILES string of the molecule is Cc1ccc(C)c(NCCC(=O)Nc2ccccc2Br)c1. The molecule has 2 N–H and O–H groups in total. The Labute approximate surface area is 133 Å². The number of rotatable bonds is 5. The number of nitrogens with one attached hydrogen (secondary N) is 2. The van der Waals surface area contributed by atoms with Crippen LogP contribution < -0.4 is 10.6 Å². The molecule has 0 aromatic heterocycles. The van der Waals surface area contributed by atoms with Crippen molar-refractivity contribution in [3.63, 3.8) is 0 Å². The van der Waals surface area contributed by atoms with E-state index in [2.05, 4.69) is 58.6 Å². The van der Waals surface area contributed by atoms with Crippen LogP contribution in [0.25, 0.3) is 0 Å². The van der Waals surface area contributed by atoms with Crippen molar-refractivity contribution in [1.29, 1.82) is 0 Å². The standard InChI is InChI=1S/C17H19BrN2O/c1-12-7-8-13(2)16(11-12)19-10-9-17(21)20-15-6-4-3-5-14(15)18/h3-8,11,19H,9-10H2,1-2H3,(H,20,21). The number of para-hydroxylation sites is 1. The number of halogens is 1. The van der Waals surface area contributed by atoms with E-state index in [1.54, 1.807) is 0 Å². The Morgan fingerprint density at radius 2 is 1.86 bits per heavy atom. The lowest BCUT2D eigenvalue weighted by Gasteiger charge is -2.11. The van der Waals surface area contributed by atoms with Crippen LogP contribution in [0.4, 0.5) is 11.4 Å². The molecule has 0 fully saturated rings. The molecule has 2 rings (SSSR count). The van der Waals surface area contributed by atoms with Gasteiger partial charge in [0.15, 0.2) is 0 Å². The fourth-order valence-corrected chi connectivity index (χ4v) is 2.40. The van der Waals surface area contributed by atoms with Gasteiger partial charge in [-0.2, -0.15) is 0 Å². The number of carbonyl (C=O) groups is 1. The number of hydrogen-bond acceptors (Lipinski definition) is 2. The molecule has 0 heterocycles. The summed E-state index contributed by atoms with van der Waals surface area (Å²) in [6, 6.07) is 13.9. The van der Waals surface area contributed by atoms with Gasteiger partial charge in [0.1, 0.15) is 0 Å². The van der Waals surface area contributed by atoms with Gasteiger partial charge in [-0.15, -0.1) is 0 Å². The monoisotopic (exact) mass is 346 g/mol. The first-order chi connectivity index (χ1) is 10.1. The lowest BCUT2D eigenvalue weighted by Crippen LogP contribution is -2.16. The summed E-state index contributed by atoms with van der Waals surface area (Å²) in [4.78, 5) is 11.9. The van der Waals surface area contributed by atoms with E-state index in [9.17, 15) is 4.79 Å². The highest BCUT2D eigenvalue weighted by Gasteiger charge is 2.05. The molecule has 2 aromatic rings. The van der Waals surface area contributed by atoms with Crippen LogP contribution in [0.5, 0.6) is 0 Å². The summed E-state index contributed by atoms with van der Waals surface area (Å²) < 4.78 is 0.890. The van der Waals surface area contributed by atoms with Gasteiger partial charge in [-0.05, 0) is 59.1 Å². The maximum absolute atomic E-state index is 11.9. The predicted octanol–water partition coefficient (Wildman–Crippen LogP) is 4.51. The normalized spacial score (nSPS) is 10.2. The van der Waals surface area contributed by atoms with Crippen LogP contribution in [0.1, 0.15) is 17.5 Å². The zero-order valence-electron chi connectivity index (χ0n) is 12.2. The van der Waals surface area contributed by atoms with Gasteiger partial charge >= 0.3 is 0 Å². The summed E-state index contributed by atoms with van der Waals surface area (Å²) >= 11 is 3.42. The van der Waals surface area contributed by atoms with Gasteiger partial charge in [0.2, 0.25) is 5.91 Å². The summed E-state index contributed by atoms with van der Waals surface area (Å²) in [6.45, 7) is 4.73. The first-order valence-corrected chi connectivity index (χ1v) is 7.71. The molecule has 0 bridgehead atoms. The highest BCUT2D eigenvalue weighted by molar-refractivity contribution is 9.10. The number of amides is 1. The third-order valence-corrected chi connectivity index (χ3v) is 3.90. The number of anilines is 2. The Hall–Kier alpha value is -1.81. The smallest absolute Gasteiger partial charge is 0.226 e.